The number of rotatable bonds is 4. The standard InChI is InChI=1S/C13H14FN3OS/c14-10-5-3-9(4-6-10)8-19-13-17-16-12(18-13)11-2-1-7-15-11/h3-6,11,15H,1-2,7-8H2/p+1. The molecule has 0 aliphatic carbocycles. The molecule has 0 radical (unpaired) electrons. The number of hydrogen-bond acceptors (Lipinski definition) is 4. The van der Waals surface area contributed by atoms with Gasteiger partial charge in [-0.15, -0.1) is 10.2 Å². The Hall–Kier alpha value is -1.40. The van der Waals surface area contributed by atoms with Gasteiger partial charge in [0.05, 0.1) is 6.54 Å². The Kier molecular flexibility index (Phi) is 3.79. The van der Waals surface area contributed by atoms with E-state index in [1.54, 1.807) is 12.1 Å². The SMILES string of the molecule is Fc1ccc(CSc2nnc(C3CCC[NH2+]3)o2)cc1. The number of hydrogen-bond donors (Lipinski definition) is 1. The highest BCUT2D eigenvalue weighted by Gasteiger charge is 2.26. The third kappa shape index (κ3) is 3.13. The average Bonchev–Trinajstić information content (AvgIpc) is 3.09. The summed E-state index contributed by atoms with van der Waals surface area (Å²) in [6, 6.07) is 6.78. The van der Waals surface area contributed by atoms with E-state index < -0.39 is 0 Å². The lowest BCUT2D eigenvalue weighted by Crippen LogP contribution is -2.81. The Morgan fingerprint density at radius 2 is 2.16 bits per heavy atom. The molecule has 19 heavy (non-hydrogen) atoms. The van der Waals surface area contributed by atoms with Crippen molar-refractivity contribution in [1.29, 1.82) is 0 Å². The first-order valence-corrected chi connectivity index (χ1v) is 7.34. The van der Waals surface area contributed by atoms with Gasteiger partial charge in [0.25, 0.3) is 11.1 Å². The largest absolute Gasteiger partial charge is 0.410 e. The van der Waals surface area contributed by atoms with Gasteiger partial charge in [-0.05, 0) is 17.7 Å². The Morgan fingerprint density at radius 1 is 1.32 bits per heavy atom. The van der Waals surface area contributed by atoms with E-state index in [0.717, 1.165) is 24.4 Å². The quantitative estimate of drug-likeness (QED) is 0.869. The van der Waals surface area contributed by atoms with E-state index in [4.69, 9.17) is 4.42 Å². The van der Waals surface area contributed by atoms with E-state index in [1.807, 2.05) is 0 Å². The van der Waals surface area contributed by atoms with Crippen molar-refractivity contribution < 1.29 is 14.1 Å². The van der Waals surface area contributed by atoms with Gasteiger partial charge in [-0.3, -0.25) is 0 Å². The third-order valence-corrected chi connectivity index (χ3v) is 4.07. The minimum absolute atomic E-state index is 0.217. The van der Waals surface area contributed by atoms with Gasteiger partial charge in [0.2, 0.25) is 0 Å². The topological polar surface area (TPSA) is 55.5 Å². The zero-order chi connectivity index (χ0) is 13.1. The van der Waals surface area contributed by atoms with Crippen molar-refractivity contribution in [3.63, 3.8) is 0 Å². The summed E-state index contributed by atoms with van der Waals surface area (Å²) in [6.45, 7) is 1.13. The van der Waals surface area contributed by atoms with E-state index >= 15 is 0 Å². The van der Waals surface area contributed by atoms with Gasteiger partial charge in [0, 0.05) is 18.6 Å². The number of thioether (sulfide) groups is 1. The first-order valence-electron chi connectivity index (χ1n) is 6.35. The molecule has 0 saturated carbocycles. The lowest BCUT2D eigenvalue weighted by atomic mass is 10.2. The molecule has 100 valence electrons. The fourth-order valence-electron chi connectivity index (χ4n) is 2.15. The van der Waals surface area contributed by atoms with Crippen LogP contribution >= 0.6 is 11.8 Å². The molecule has 2 N–H and O–H groups in total. The lowest BCUT2D eigenvalue weighted by molar-refractivity contribution is -0.678. The molecule has 0 amide bonds. The Labute approximate surface area is 114 Å². The summed E-state index contributed by atoms with van der Waals surface area (Å²) in [7, 11) is 0. The molecular weight excluding hydrogens is 265 g/mol. The molecule has 4 nitrogen and oxygen atoms in total. The van der Waals surface area contributed by atoms with Crippen LogP contribution in [-0.4, -0.2) is 16.7 Å². The highest BCUT2D eigenvalue weighted by atomic mass is 32.2. The molecule has 1 aliphatic heterocycles. The molecule has 1 aromatic heterocycles. The summed E-state index contributed by atoms with van der Waals surface area (Å²) < 4.78 is 18.4. The van der Waals surface area contributed by atoms with Gasteiger partial charge >= 0.3 is 0 Å². The van der Waals surface area contributed by atoms with E-state index in [9.17, 15) is 4.39 Å². The molecule has 1 aromatic carbocycles. The first kappa shape index (κ1) is 12.6. The zero-order valence-corrected chi connectivity index (χ0v) is 11.2. The number of aromatic nitrogens is 2. The second kappa shape index (κ2) is 5.71. The molecule has 1 aliphatic rings. The Balaban J connectivity index is 1.59. The molecule has 1 fully saturated rings. The molecule has 1 atom stereocenters. The molecule has 1 unspecified atom stereocenters. The van der Waals surface area contributed by atoms with Crippen molar-refractivity contribution in [3.8, 4) is 0 Å². The van der Waals surface area contributed by atoms with Crippen molar-refractivity contribution in [2.24, 2.45) is 0 Å². The van der Waals surface area contributed by atoms with Crippen molar-refractivity contribution in [3.05, 3.63) is 41.5 Å². The summed E-state index contributed by atoms with van der Waals surface area (Å²) in [5.74, 6) is 1.21. The fourth-order valence-corrected chi connectivity index (χ4v) is 2.88. The van der Waals surface area contributed by atoms with Crippen LogP contribution in [0.25, 0.3) is 0 Å². The molecule has 0 bridgehead atoms. The van der Waals surface area contributed by atoms with Gasteiger partial charge in [0.1, 0.15) is 5.82 Å². The Morgan fingerprint density at radius 3 is 2.89 bits per heavy atom. The summed E-state index contributed by atoms with van der Waals surface area (Å²) in [4.78, 5) is 0. The summed E-state index contributed by atoms with van der Waals surface area (Å²) in [6.07, 6.45) is 2.30. The second-order valence-electron chi connectivity index (χ2n) is 4.59. The van der Waals surface area contributed by atoms with Crippen LogP contribution in [0.2, 0.25) is 0 Å². The normalized spacial score (nSPS) is 18.9. The molecule has 3 rings (SSSR count). The van der Waals surface area contributed by atoms with Crippen LogP contribution in [0, 0.1) is 5.82 Å². The maximum atomic E-state index is 12.8. The number of halogens is 1. The van der Waals surface area contributed by atoms with Crippen LogP contribution in [0.1, 0.15) is 30.3 Å². The van der Waals surface area contributed by atoms with Gasteiger partial charge in [-0.2, -0.15) is 0 Å². The summed E-state index contributed by atoms with van der Waals surface area (Å²) >= 11 is 1.48. The first-order chi connectivity index (χ1) is 9.31. The maximum Gasteiger partial charge on any atom is 0.277 e. The molecular formula is C13H15FN3OS+. The minimum Gasteiger partial charge on any atom is -0.410 e. The highest BCUT2D eigenvalue weighted by molar-refractivity contribution is 7.98. The van der Waals surface area contributed by atoms with Crippen LogP contribution in [0.3, 0.4) is 0 Å². The lowest BCUT2D eigenvalue weighted by Gasteiger charge is -1.99. The van der Waals surface area contributed by atoms with Crippen molar-refractivity contribution in [1.82, 2.24) is 10.2 Å². The van der Waals surface area contributed by atoms with Crippen molar-refractivity contribution in [2.75, 3.05) is 6.54 Å². The Bertz CT molecular complexity index is 537. The third-order valence-electron chi connectivity index (χ3n) is 3.19. The smallest absolute Gasteiger partial charge is 0.277 e. The van der Waals surface area contributed by atoms with Crippen molar-refractivity contribution in [2.45, 2.75) is 29.9 Å². The van der Waals surface area contributed by atoms with Crippen molar-refractivity contribution >= 4 is 11.8 Å². The van der Waals surface area contributed by atoms with E-state index in [-0.39, 0.29) is 5.82 Å². The minimum atomic E-state index is -0.217. The molecule has 0 spiro atoms. The predicted molar refractivity (Wildman–Crippen MR) is 69.0 cm³/mol. The van der Waals surface area contributed by atoms with Gasteiger partial charge in [-0.25, -0.2) is 4.39 Å². The molecule has 2 aromatic rings. The van der Waals surface area contributed by atoms with Crippen LogP contribution in [0.4, 0.5) is 4.39 Å². The highest BCUT2D eigenvalue weighted by Crippen LogP contribution is 2.24. The number of nitrogens with zero attached hydrogens (tertiary/aromatic N) is 2. The predicted octanol–water partition coefficient (Wildman–Crippen LogP) is 1.90. The van der Waals surface area contributed by atoms with E-state index in [0.29, 0.717) is 17.0 Å². The molecule has 1 saturated heterocycles. The fraction of sp³-hybridized carbons (Fsp3) is 0.385. The van der Waals surface area contributed by atoms with Crippen LogP contribution in [0.5, 0.6) is 0 Å². The summed E-state index contributed by atoms with van der Waals surface area (Å²) in [5, 5.41) is 11.0. The molecule has 6 heteroatoms. The summed E-state index contributed by atoms with van der Waals surface area (Å²) in [5.41, 5.74) is 1.04. The number of quaternary nitrogens is 1. The average molecular weight is 280 g/mol. The van der Waals surface area contributed by atoms with Crippen LogP contribution in [0.15, 0.2) is 33.9 Å². The van der Waals surface area contributed by atoms with Crippen LogP contribution in [-0.2, 0) is 5.75 Å². The van der Waals surface area contributed by atoms with Gasteiger partial charge in [0.15, 0.2) is 6.04 Å². The van der Waals surface area contributed by atoms with E-state index in [1.165, 1.54) is 30.3 Å². The monoisotopic (exact) mass is 280 g/mol. The second-order valence-corrected chi connectivity index (χ2v) is 5.52. The van der Waals surface area contributed by atoms with Gasteiger partial charge < -0.3 is 9.73 Å². The van der Waals surface area contributed by atoms with Crippen LogP contribution < -0.4 is 5.32 Å². The number of benzene rings is 1. The van der Waals surface area contributed by atoms with Gasteiger partial charge in [-0.1, -0.05) is 23.9 Å². The number of nitrogens with two attached hydrogens (primary N) is 1. The zero-order valence-electron chi connectivity index (χ0n) is 10.4. The maximum absolute atomic E-state index is 12.8. The van der Waals surface area contributed by atoms with E-state index in [2.05, 4.69) is 15.5 Å². The molecule has 2 heterocycles.